The van der Waals surface area contributed by atoms with Crippen LogP contribution in [0.2, 0.25) is 0 Å². The molecule has 1 amide bonds. The molecule has 3 rings (SSSR count). The molecule has 23 heavy (non-hydrogen) atoms. The van der Waals surface area contributed by atoms with Gasteiger partial charge >= 0.3 is 0 Å². The minimum atomic E-state index is -0.142. The molecule has 0 aliphatic carbocycles. The van der Waals surface area contributed by atoms with Gasteiger partial charge in [-0.2, -0.15) is 5.10 Å². The molecule has 0 unspecified atom stereocenters. The maximum absolute atomic E-state index is 12.2. The van der Waals surface area contributed by atoms with Gasteiger partial charge in [0, 0.05) is 49.0 Å². The molecule has 0 saturated heterocycles. The van der Waals surface area contributed by atoms with E-state index < -0.39 is 0 Å². The number of carbonyl (C=O) groups excluding carboxylic acids is 1. The van der Waals surface area contributed by atoms with Gasteiger partial charge in [-0.15, -0.1) is 0 Å². The lowest BCUT2D eigenvalue weighted by atomic mass is 10.2. The number of amides is 1. The van der Waals surface area contributed by atoms with E-state index in [9.17, 15) is 4.79 Å². The molecular formula is C16H16N6O. The molecule has 0 radical (unpaired) electrons. The predicted octanol–water partition coefficient (Wildman–Crippen LogP) is 1.88. The summed E-state index contributed by atoms with van der Waals surface area (Å²) in [4.78, 5) is 20.4. The molecule has 0 spiro atoms. The molecule has 116 valence electrons. The third-order valence-electron chi connectivity index (χ3n) is 3.17. The third-order valence-corrected chi connectivity index (χ3v) is 3.17. The quantitative estimate of drug-likeness (QED) is 0.752. The molecule has 0 atom stereocenters. The number of carbonyl (C=O) groups is 1. The molecule has 2 heterocycles. The van der Waals surface area contributed by atoms with Crippen LogP contribution in [0.25, 0.3) is 0 Å². The lowest BCUT2D eigenvalue weighted by molar-refractivity contribution is 0.0951. The van der Waals surface area contributed by atoms with Crippen molar-refractivity contribution in [1.29, 1.82) is 0 Å². The summed E-state index contributed by atoms with van der Waals surface area (Å²) in [5, 5.41) is 10.1. The van der Waals surface area contributed by atoms with E-state index in [1.807, 2.05) is 25.4 Å². The van der Waals surface area contributed by atoms with Crippen molar-refractivity contribution in [2.45, 2.75) is 6.54 Å². The Labute approximate surface area is 133 Å². The van der Waals surface area contributed by atoms with Gasteiger partial charge in [0.05, 0.1) is 12.4 Å². The Morgan fingerprint density at radius 3 is 2.91 bits per heavy atom. The molecule has 2 aromatic heterocycles. The fourth-order valence-electron chi connectivity index (χ4n) is 2.10. The van der Waals surface area contributed by atoms with Crippen LogP contribution in [0.3, 0.4) is 0 Å². The van der Waals surface area contributed by atoms with Crippen molar-refractivity contribution in [3.8, 4) is 0 Å². The fraction of sp³-hybridized carbons (Fsp3) is 0.125. The first-order chi connectivity index (χ1) is 11.2. The van der Waals surface area contributed by atoms with Gasteiger partial charge in [0.15, 0.2) is 0 Å². The van der Waals surface area contributed by atoms with Crippen molar-refractivity contribution in [3.63, 3.8) is 0 Å². The lowest BCUT2D eigenvalue weighted by Crippen LogP contribution is -2.22. The van der Waals surface area contributed by atoms with E-state index in [4.69, 9.17) is 0 Å². The standard InChI is InChI=1S/C16H16N6O/c1-22-11-12(9-20-22)8-19-16(23)13-3-2-4-14(7-13)21-15-10-17-5-6-18-15/h2-7,9-11H,8H2,1H3,(H,18,21)(H,19,23). The van der Waals surface area contributed by atoms with Gasteiger partial charge in [-0.3, -0.25) is 14.5 Å². The van der Waals surface area contributed by atoms with Crippen LogP contribution in [0.15, 0.2) is 55.2 Å². The molecular weight excluding hydrogens is 292 g/mol. The number of anilines is 2. The summed E-state index contributed by atoms with van der Waals surface area (Å²) in [7, 11) is 1.84. The van der Waals surface area contributed by atoms with Crippen molar-refractivity contribution < 1.29 is 4.79 Å². The minimum Gasteiger partial charge on any atom is -0.348 e. The highest BCUT2D eigenvalue weighted by molar-refractivity contribution is 5.95. The van der Waals surface area contributed by atoms with Gasteiger partial charge in [0.2, 0.25) is 0 Å². The smallest absolute Gasteiger partial charge is 0.251 e. The van der Waals surface area contributed by atoms with E-state index in [0.717, 1.165) is 11.3 Å². The van der Waals surface area contributed by atoms with Gasteiger partial charge in [-0.1, -0.05) is 6.07 Å². The first kappa shape index (κ1) is 14.7. The van der Waals surface area contributed by atoms with Crippen LogP contribution in [0.5, 0.6) is 0 Å². The Morgan fingerprint density at radius 2 is 2.17 bits per heavy atom. The average molecular weight is 308 g/mol. The number of aryl methyl sites for hydroxylation is 1. The zero-order chi connectivity index (χ0) is 16.1. The first-order valence-corrected chi connectivity index (χ1v) is 7.09. The SMILES string of the molecule is Cn1cc(CNC(=O)c2cccc(Nc3cnccn3)c2)cn1. The number of nitrogens with one attached hydrogen (secondary N) is 2. The molecule has 0 saturated carbocycles. The molecule has 3 aromatic rings. The largest absolute Gasteiger partial charge is 0.348 e. The summed E-state index contributed by atoms with van der Waals surface area (Å²) in [6, 6.07) is 7.22. The maximum Gasteiger partial charge on any atom is 0.251 e. The van der Waals surface area contributed by atoms with E-state index in [2.05, 4.69) is 25.7 Å². The highest BCUT2D eigenvalue weighted by atomic mass is 16.1. The van der Waals surface area contributed by atoms with Crippen LogP contribution in [0, 0.1) is 0 Å². The van der Waals surface area contributed by atoms with E-state index >= 15 is 0 Å². The second-order valence-electron chi connectivity index (χ2n) is 5.00. The van der Waals surface area contributed by atoms with Crippen molar-refractivity contribution in [2.24, 2.45) is 7.05 Å². The minimum absolute atomic E-state index is 0.142. The normalized spacial score (nSPS) is 10.3. The Hall–Kier alpha value is -3.22. The van der Waals surface area contributed by atoms with Crippen LogP contribution in [0.1, 0.15) is 15.9 Å². The zero-order valence-corrected chi connectivity index (χ0v) is 12.6. The number of benzene rings is 1. The Balaban J connectivity index is 1.65. The number of nitrogens with zero attached hydrogens (tertiary/aromatic N) is 4. The van der Waals surface area contributed by atoms with E-state index in [1.54, 1.807) is 41.6 Å². The maximum atomic E-state index is 12.2. The number of aromatic nitrogens is 4. The summed E-state index contributed by atoms with van der Waals surface area (Å²) in [5.41, 5.74) is 2.30. The average Bonchev–Trinajstić information content (AvgIpc) is 2.99. The van der Waals surface area contributed by atoms with Gasteiger partial charge in [0.1, 0.15) is 5.82 Å². The Bertz CT molecular complexity index is 799. The summed E-state index contributed by atoms with van der Waals surface area (Å²) < 4.78 is 1.70. The van der Waals surface area contributed by atoms with Crippen molar-refractivity contribution >= 4 is 17.4 Å². The highest BCUT2D eigenvalue weighted by Crippen LogP contribution is 2.15. The number of rotatable bonds is 5. The van der Waals surface area contributed by atoms with Crippen LogP contribution in [0.4, 0.5) is 11.5 Å². The zero-order valence-electron chi connectivity index (χ0n) is 12.6. The second kappa shape index (κ2) is 6.69. The fourth-order valence-corrected chi connectivity index (χ4v) is 2.10. The Kier molecular flexibility index (Phi) is 4.28. The highest BCUT2D eigenvalue weighted by Gasteiger charge is 2.07. The van der Waals surface area contributed by atoms with Crippen LogP contribution in [-0.2, 0) is 13.6 Å². The van der Waals surface area contributed by atoms with Gasteiger partial charge in [-0.25, -0.2) is 4.98 Å². The molecule has 2 N–H and O–H groups in total. The lowest BCUT2D eigenvalue weighted by Gasteiger charge is -2.08. The van der Waals surface area contributed by atoms with Gasteiger partial charge < -0.3 is 10.6 Å². The summed E-state index contributed by atoms with van der Waals surface area (Å²) in [6.45, 7) is 0.439. The third kappa shape index (κ3) is 3.91. The first-order valence-electron chi connectivity index (χ1n) is 7.09. The van der Waals surface area contributed by atoms with Crippen molar-refractivity contribution in [2.75, 3.05) is 5.32 Å². The predicted molar refractivity (Wildman–Crippen MR) is 86.1 cm³/mol. The topological polar surface area (TPSA) is 84.7 Å². The number of hydrogen-bond donors (Lipinski definition) is 2. The van der Waals surface area contributed by atoms with E-state index in [1.165, 1.54) is 0 Å². The van der Waals surface area contributed by atoms with Crippen LogP contribution in [-0.4, -0.2) is 25.7 Å². The molecule has 7 heteroatoms. The van der Waals surface area contributed by atoms with E-state index in [0.29, 0.717) is 17.9 Å². The van der Waals surface area contributed by atoms with E-state index in [-0.39, 0.29) is 5.91 Å². The van der Waals surface area contributed by atoms with Gasteiger partial charge in [-0.05, 0) is 18.2 Å². The van der Waals surface area contributed by atoms with Crippen LogP contribution < -0.4 is 10.6 Å². The molecule has 0 fully saturated rings. The molecule has 0 bridgehead atoms. The van der Waals surface area contributed by atoms with Crippen LogP contribution >= 0.6 is 0 Å². The second-order valence-corrected chi connectivity index (χ2v) is 5.00. The van der Waals surface area contributed by atoms with Crippen molar-refractivity contribution in [3.05, 3.63) is 66.4 Å². The molecule has 0 aliphatic heterocycles. The molecule has 7 nitrogen and oxygen atoms in total. The van der Waals surface area contributed by atoms with Crippen molar-refractivity contribution in [1.82, 2.24) is 25.1 Å². The summed E-state index contributed by atoms with van der Waals surface area (Å²) in [6.07, 6.45) is 8.42. The summed E-state index contributed by atoms with van der Waals surface area (Å²) >= 11 is 0. The number of hydrogen-bond acceptors (Lipinski definition) is 5. The monoisotopic (exact) mass is 308 g/mol. The molecule has 0 aliphatic rings. The summed E-state index contributed by atoms with van der Waals surface area (Å²) in [5.74, 6) is 0.483. The molecule has 1 aromatic carbocycles. The van der Waals surface area contributed by atoms with Gasteiger partial charge in [0.25, 0.3) is 5.91 Å². The Morgan fingerprint density at radius 1 is 1.26 bits per heavy atom.